The number of aliphatic hydroxyl groups excluding tert-OH is 1. The second-order valence-electron chi connectivity index (χ2n) is 6.44. The van der Waals surface area contributed by atoms with Crippen molar-refractivity contribution in [3.05, 3.63) is 0 Å². The van der Waals surface area contributed by atoms with Gasteiger partial charge in [-0.15, -0.1) is 0 Å². The molecule has 0 aromatic heterocycles. The summed E-state index contributed by atoms with van der Waals surface area (Å²) in [5, 5.41) is 8.96. The Labute approximate surface area is 173 Å². The van der Waals surface area contributed by atoms with Crippen molar-refractivity contribution in [1.29, 1.82) is 0 Å². The van der Waals surface area contributed by atoms with E-state index in [1.165, 1.54) is 84.0 Å². The predicted octanol–water partition coefficient (Wildman–Crippen LogP) is 4.48. The molecule has 0 bridgehead atoms. The van der Waals surface area contributed by atoms with Crippen LogP contribution in [0.1, 0.15) is 104 Å². The summed E-state index contributed by atoms with van der Waals surface area (Å²) >= 11 is 0. The molecule has 3 nitrogen and oxygen atoms in total. The first-order valence-electron chi connectivity index (χ1n) is 9.53. The SMILES string of the molecule is CCCCCCCCCCCCCCCCOC(=O)C(C)O.[CaH2]. The van der Waals surface area contributed by atoms with Gasteiger partial charge in [-0.05, 0) is 13.3 Å². The van der Waals surface area contributed by atoms with Gasteiger partial charge in [-0.1, -0.05) is 90.4 Å². The van der Waals surface area contributed by atoms with E-state index in [0.29, 0.717) is 6.61 Å². The Bertz CT molecular complexity index is 245. The molecule has 0 aromatic rings. The molecule has 0 aromatic carbocycles. The van der Waals surface area contributed by atoms with Crippen LogP contribution in [-0.2, 0) is 9.53 Å². The molecular weight excluding hydrogens is 316 g/mol. The number of unbranched alkanes of at least 4 members (excludes halogenated alkanes) is 13. The summed E-state index contributed by atoms with van der Waals surface area (Å²) in [5.41, 5.74) is 0. The molecule has 0 aliphatic carbocycles. The van der Waals surface area contributed by atoms with Gasteiger partial charge in [0.1, 0.15) is 6.10 Å². The van der Waals surface area contributed by atoms with Crippen LogP contribution in [0.3, 0.4) is 0 Å². The van der Waals surface area contributed by atoms with Gasteiger partial charge in [0.05, 0.1) is 6.61 Å². The van der Waals surface area contributed by atoms with Crippen molar-refractivity contribution in [2.75, 3.05) is 6.61 Å². The summed E-state index contributed by atoms with van der Waals surface area (Å²) in [6.45, 7) is 4.15. The fourth-order valence-electron chi connectivity index (χ4n) is 2.59. The van der Waals surface area contributed by atoms with Crippen LogP contribution in [0, 0.1) is 0 Å². The Morgan fingerprint density at radius 2 is 1.13 bits per heavy atom. The summed E-state index contributed by atoms with van der Waals surface area (Å²) in [7, 11) is 0. The molecule has 4 heteroatoms. The Balaban J connectivity index is 0. The van der Waals surface area contributed by atoms with E-state index in [4.69, 9.17) is 9.84 Å². The number of aliphatic hydroxyl groups is 1. The predicted molar refractivity (Wildman–Crippen MR) is 101 cm³/mol. The van der Waals surface area contributed by atoms with Crippen LogP contribution < -0.4 is 0 Å². The zero-order valence-corrected chi connectivity index (χ0v) is 14.9. The Morgan fingerprint density at radius 1 is 0.783 bits per heavy atom. The molecular formula is C19H40CaO3. The monoisotopic (exact) mass is 356 g/mol. The first-order chi connectivity index (χ1) is 10.7. The molecule has 136 valence electrons. The van der Waals surface area contributed by atoms with Crippen molar-refractivity contribution in [3.63, 3.8) is 0 Å². The number of rotatable bonds is 16. The van der Waals surface area contributed by atoms with Crippen LogP contribution in [0.4, 0.5) is 0 Å². The van der Waals surface area contributed by atoms with Gasteiger partial charge in [0.15, 0.2) is 0 Å². The molecule has 1 atom stereocenters. The minimum atomic E-state index is -0.994. The number of carbonyl (C=O) groups is 1. The molecule has 0 saturated carbocycles. The summed E-state index contributed by atoms with van der Waals surface area (Å²) in [6, 6.07) is 0. The maximum atomic E-state index is 11.0. The first-order valence-corrected chi connectivity index (χ1v) is 9.53. The van der Waals surface area contributed by atoms with E-state index in [9.17, 15) is 4.79 Å². The third-order valence-corrected chi connectivity index (χ3v) is 4.08. The second kappa shape index (κ2) is 20.7. The molecule has 0 rings (SSSR count). The topological polar surface area (TPSA) is 46.5 Å². The van der Waals surface area contributed by atoms with Crippen LogP contribution in [-0.4, -0.2) is 61.5 Å². The van der Waals surface area contributed by atoms with Gasteiger partial charge in [-0.25, -0.2) is 4.79 Å². The van der Waals surface area contributed by atoms with Crippen molar-refractivity contribution in [2.45, 2.75) is 110 Å². The van der Waals surface area contributed by atoms with Crippen LogP contribution in [0.15, 0.2) is 0 Å². The fraction of sp³-hybridized carbons (Fsp3) is 0.947. The molecule has 0 aliphatic rings. The van der Waals surface area contributed by atoms with Gasteiger partial charge in [0.25, 0.3) is 0 Å². The van der Waals surface area contributed by atoms with Crippen LogP contribution in [0.5, 0.6) is 0 Å². The Hall–Kier alpha value is 0.690. The van der Waals surface area contributed by atoms with Gasteiger partial charge in [-0.3, -0.25) is 0 Å². The number of hydrogen-bond donors (Lipinski definition) is 1. The van der Waals surface area contributed by atoms with Gasteiger partial charge >= 0.3 is 43.7 Å². The third-order valence-electron chi connectivity index (χ3n) is 4.08. The van der Waals surface area contributed by atoms with Crippen molar-refractivity contribution in [2.24, 2.45) is 0 Å². The van der Waals surface area contributed by atoms with Crippen molar-refractivity contribution in [1.82, 2.24) is 0 Å². The standard InChI is InChI=1S/C19H38O3.Ca.2H/c1-3-4-5-6-7-8-9-10-11-12-13-14-15-16-17-22-19(21)18(2)20;;;/h18,20H,3-17H2,1-2H3;;;. The zero-order chi connectivity index (χ0) is 16.5. The van der Waals surface area contributed by atoms with Crippen molar-refractivity contribution < 1.29 is 14.6 Å². The molecule has 1 unspecified atom stereocenters. The summed E-state index contributed by atoms with van der Waals surface area (Å²) in [4.78, 5) is 11.0. The van der Waals surface area contributed by atoms with Crippen LogP contribution in [0.25, 0.3) is 0 Å². The van der Waals surface area contributed by atoms with Crippen molar-refractivity contribution >= 4 is 43.7 Å². The number of hydrogen-bond acceptors (Lipinski definition) is 3. The summed E-state index contributed by atoms with van der Waals surface area (Å²) in [5.74, 6) is -0.505. The van der Waals surface area contributed by atoms with Crippen LogP contribution in [0.2, 0.25) is 0 Å². The Kier molecular flexibility index (Phi) is 23.4. The van der Waals surface area contributed by atoms with Gasteiger partial charge in [0, 0.05) is 0 Å². The van der Waals surface area contributed by atoms with E-state index in [0.717, 1.165) is 12.8 Å². The van der Waals surface area contributed by atoms with Gasteiger partial charge in [0.2, 0.25) is 0 Å². The molecule has 1 N–H and O–H groups in total. The average Bonchev–Trinajstić information content (AvgIpc) is 2.50. The van der Waals surface area contributed by atoms with E-state index in [2.05, 4.69) is 6.92 Å². The molecule has 0 aliphatic heterocycles. The minimum absolute atomic E-state index is 0. The zero-order valence-electron chi connectivity index (χ0n) is 14.9. The maximum absolute atomic E-state index is 11.0. The molecule has 0 heterocycles. The fourth-order valence-corrected chi connectivity index (χ4v) is 2.59. The van der Waals surface area contributed by atoms with Gasteiger partial charge in [-0.2, -0.15) is 0 Å². The summed E-state index contributed by atoms with van der Waals surface area (Å²) < 4.78 is 4.92. The molecule has 0 amide bonds. The Morgan fingerprint density at radius 3 is 1.48 bits per heavy atom. The number of carbonyl (C=O) groups excluding carboxylic acids is 1. The van der Waals surface area contributed by atoms with E-state index >= 15 is 0 Å². The van der Waals surface area contributed by atoms with E-state index < -0.39 is 12.1 Å². The van der Waals surface area contributed by atoms with Crippen molar-refractivity contribution in [3.8, 4) is 0 Å². The van der Waals surface area contributed by atoms with E-state index in [1.54, 1.807) is 0 Å². The molecule has 23 heavy (non-hydrogen) atoms. The van der Waals surface area contributed by atoms with E-state index in [1.807, 2.05) is 0 Å². The first kappa shape index (κ1) is 25.9. The van der Waals surface area contributed by atoms with E-state index in [-0.39, 0.29) is 37.7 Å². The van der Waals surface area contributed by atoms with Gasteiger partial charge < -0.3 is 9.84 Å². The van der Waals surface area contributed by atoms with Crippen LogP contribution >= 0.6 is 0 Å². The second-order valence-corrected chi connectivity index (χ2v) is 6.44. The average molecular weight is 357 g/mol. The molecule has 0 fully saturated rings. The normalized spacial score (nSPS) is 11.8. The molecule has 0 spiro atoms. The third kappa shape index (κ3) is 20.6. The number of ether oxygens (including phenoxy) is 1. The quantitative estimate of drug-likeness (QED) is 0.252. The molecule has 0 radical (unpaired) electrons. The molecule has 0 saturated heterocycles. The number of esters is 1. The summed E-state index contributed by atoms with van der Waals surface area (Å²) in [6.07, 6.45) is 17.5.